The van der Waals surface area contributed by atoms with Gasteiger partial charge in [0.25, 0.3) is 0 Å². The topological polar surface area (TPSA) is 65.5 Å². The van der Waals surface area contributed by atoms with Gasteiger partial charge in [0, 0.05) is 24.2 Å². The number of benzene rings is 1. The molecule has 0 amide bonds. The van der Waals surface area contributed by atoms with Gasteiger partial charge in [-0.25, -0.2) is 4.79 Å². The lowest BCUT2D eigenvalue weighted by atomic mass is 9.55. The van der Waals surface area contributed by atoms with E-state index in [-0.39, 0.29) is 23.5 Å². The lowest BCUT2D eigenvalue weighted by Crippen LogP contribution is -2.45. The van der Waals surface area contributed by atoms with Gasteiger partial charge in [0.2, 0.25) is 0 Å². The quantitative estimate of drug-likeness (QED) is 0.472. The van der Waals surface area contributed by atoms with Crippen LogP contribution < -0.4 is 4.74 Å². The van der Waals surface area contributed by atoms with Gasteiger partial charge in [0.05, 0.1) is 5.56 Å². The molecule has 1 aromatic carbocycles. The summed E-state index contributed by atoms with van der Waals surface area (Å²) < 4.78 is 11.5. The fourth-order valence-corrected chi connectivity index (χ4v) is 6.65. The van der Waals surface area contributed by atoms with Crippen LogP contribution in [0.25, 0.3) is 0 Å². The number of rotatable bonds is 4. The first kappa shape index (κ1) is 21.2. The molecule has 0 radical (unpaired) electrons. The molecule has 32 heavy (non-hydrogen) atoms. The van der Waals surface area contributed by atoms with E-state index in [4.69, 9.17) is 9.47 Å². The number of aromatic nitrogens is 1. The van der Waals surface area contributed by atoms with Gasteiger partial charge in [-0.15, -0.1) is 0 Å². The fraction of sp³-hybridized carbons (Fsp3) is 0.519. The molecule has 3 aliphatic carbocycles. The minimum Gasteiger partial charge on any atom is -0.458 e. The average Bonchev–Trinajstić information content (AvgIpc) is 3.15. The Kier molecular flexibility index (Phi) is 5.52. The van der Waals surface area contributed by atoms with Gasteiger partial charge in [-0.2, -0.15) is 0 Å². The summed E-state index contributed by atoms with van der Waals surface area (Å²) in [5.74, 6) is 1.95. The van der Waals surface area contributed by atoms with Gasteiger partial charge in [-0.1, -0.05) is 19.9 Å². The third kappa shape index (κ3) is 3.62. The van der Waals surface area contributed by atoms with Crippen molar-refractivity contribution in [2.45, 2.75) is 70.8 Å². The Balaban J connectivity index is 1.33. The summed E-state index contributed by atoms with van der Waals surface area (Å²) in [6.07, 6.45) is 10.00. The van der Waals surface area contributed by atoms with E-state index in [1.807, 2.05) is 13.0 Å². The van der Waals surface area contributed by atoms with E-state index in [9.17, 15) is 9.59 Å². The zero-order valence-corrected chi connectivity index (χ0v) is 18.9. The van der Waals surface area contributed by atoms with Gasteiger partial charge in [0.1, 0.15) is 11.9 Å². The largest absolute Gasteiger partial charge is 0.458 e. The Labute approximate surface area is 189 Å². The predicted octanol–water partition coefficient (Wildman–Crippen LogP) is 5.48. The number of aryl methyl sites for hydroxylation is 1. The Morgan fingerprint density at radius 2 is 2.03 bits per heavy atom. The second kappa shape index (κ2) is 8.34. The Bertz CT molecular complexity index is 1020. The van der Waals surface area contributed by atoms with Crippen LogP contribution in [0.4, 0.5) is 0 Å². The van der Waals surface area contributed by atoms with Gasteiger partial charge in [0.15, 0.2) is 0 Å². The van der Waals surface area contributed by atoms with Crippen LogP contribution in [0.5, 0.6) is 5.75 Å². The number of fused-ring (bicyclic) bond motifs is 5. The maximum Gasteiger partial charge on any atom is 0.339 e. The maximum absolute atomic E-state index is 12.7. The molecule has 2 saturated carbocycles. The van der Waals surface area contributed by atoms with Crippen molar-refractivity contribution in [2.24, 2.45) is 17.3 Å². The van der Waals surface area contributed by atoms with Crippen LogP contribution in [0.1, 0.15) is 79.8 Å². The SMILES string of the molecule is CCC(=O)Oc1ccc2c(c1)CC[C@@H]1[C@@H]2CC[C@]2(C)[C@@H](OC(=O)c3cccnc3)CC[C@@H]12. The monoisotopic (exact) mass is 433 g/mol. The standard InChI is InChI=1S/C27H31NO4/c1-3-25(29)31-19-7-9-20-17(15-19)6-8-22-21(20)12-13-27(2)23(22)10-11-24(27)32-26(30)18-5-4-14-28-16-18/h4-5,7,9,14-16,21-24H,3,6,8,10-13H2,1-2H3/t21-,22-,23+,24+,27+/m1/s1. The van der Waals surface area contributed by atoms with Crippen LogP contribution in [0.3, 0.4) is 0 Å². The van der Waals surface area contributed by atoms with Crippen molar-refractivity contribution < 1.29 is 19.1 Å². The predicted molar refractivity (Wildman–Crippen MR) is 120 cm³/mol. The number of nitrogens with zero attached hydrogens (tertiary/aromatic N) is 1. The van der Waals surface area contributed by atoms with E-state index in [0.717, 1.165) is 38.5 Å². The van der Waals surface area contributed by atoms with Crippen molar-refractivity contribution in [1.29, 1.82) is 0 Å². The first-order chi connectivity index (χ1) is 15.5. The number of esters is 2. The van der Waals surface area contributed by atoms with E-state index in [1.165, 1.54) is 11.1 Å². The highest BCUT2D eigenvalue weighted by Gasteiger charge is 2.56. The molecule has 0 saturated heterocycles. The molecule has 0 aliphatic heterocycles. The van der Waals surface area contributed by atoms with E-state index in [0.29, 0.717) is 35.5 Å². The summed E-state index contributed by atoms with van der Waals surface area (Å²) >= 11 is 0. The normalized spacial score (nSPS) is 30.6. The third-order valence-electron chi connectivity index (χ3n) is 8.28. The third-order valence-corrected chi connectivity index (χ3v) is 8.28. The number of carbonyl (C=O) groups is 2. The molecule has 0 bridgehead atoms. The molecule has 0 unspecified atom stereocenters. The Morgan fingerprint density at radius 3 is 2.81 bits per heavy atom. The molecule has 3 aliphatic rings. The summed E-state index contributed by atoms with van der Waals surface area (Å²) in [6, 6.07) is 9.75. The van der Waals surface area contributed by atoms with Crippen molar-refractivity contribution >= 4 is 11.9 Å². The van der Waals surface area contributed by atoms with Crippen LogP contribution in [-0.4, -0.2) is 23.0 Å². The van der Waals surface area contributed by atoms with Gasteiger partial charge >= 0.3 is 11.9 Å². The van der Waals surface area contributed by atoms with Crippen LogP contribution in [-0.2, 0) is 16.0 Å². The molecular weight excluding hydrogens is 402 g/mol. The highest BCUT2D eigenvalue weighted by Crippen LogP contribution is 2.61. The van der Waals surface area contributed by atoms with Crippen molar-refractivity contribution in [3.63, 3.8) is 0 Å². The molecule has 0 spiro atoms. The van der Waals surface area contributed by atoms with Crippen molar-refractivity contribution in [2.75, 3.05) is 0 Å². The van der Waals surface area contributed by atoms with E-state index < -0.39 is 0 Å². The Hall–Kier alpha value is -2.69. The number of hydrogen-bond donors (Lipinski definition) is 0. The zero-order valence-electron chi connectivity index (χ0n) is 18.9. The molecule has 168 valence electrons. The van der Waals surface area contributed by atoms with Gasteiger partial charge < -0.3 is 9.47 Å². The fourth-order valence-electron chi connectivity index (χ4n) is 6.65. The van der Waals surface area contributed by atoms with Crippen LogP contribution in [0.2, 0.25) is 0 Å². The van der Waals surface area contributed by atoms with Crippen molar-refractivity contribution in [1.82, 2.24) is 4.98 Å². The number of hydrogen-bond acceptors (Lipinski definition) is 5. The summed E-state index contributed by atoms with van der Waals surface area (Å²) in [4.78, 5) is 28.4. The summed E-state index contributed by atoms with van der Waals surface area (Å²) in [6.45, 7) is 4.15. The average molecular weight is 434 g/mol. The lowest BCUT2D eigenvalue weighted by molar-refractivity contribution is -0.134. The van der Waals surface area contributed by atoms with Crippen LogP contribution >= 0.6 is 0 Å². The minimum atomic E-state index is -0.254. The van der Waals surface area contributed by atoms with Crippen LogP contribution in [0, 0.1) is 17.3 Å². The maximum atomic E-state index is 12.7. The molecule has 5 atom stereocenters. The molecule has 1 aromatic heterocycles. The lowest BCUT2D eigenvalue weighted by Gasteiger charge is -2.50. The second-order valence-corrected chi connectivity index (χ2v) is 9.86. The minimum absolute atomic E-state index is 0.0293. The second-order valence-electron chi connectivity index (χ2n) is 9.86. The smallest absolute Gasteiger partial charge is 0.339 e. The molecular formula is C27H31NO4. The molecule has 2 aromatic rings. The first-order valence-electron chi connectivity index (χ1n) is 11.9. The summed E-state index contributed by atoms with van der Waals surface area (Å²) in [5, 5.41) is 0. The van der Waals surface area contributed by atoms with Crippen molar-refractivity contribution in [3.8, 4) is 5.75 Å². The molecule has 1 heterocycles. The summed E-state index contributed by atoms with van der Waals surface area (Å²) in [5.41, 5.74) is 3.32. The van der Waals surface area contributed by atoms with Gasteiger partial charge in [-0.3, -0.25) is 9.78 Å². The summed E-state index contributed by atoms with van der Waals surface area (Å²) in [7, 11) is 0. The van der Waals surface area contributed by atoms with E-state index in [1.54, 1.807) is 24.5 Å². The number of carbonyl (C=O) groups excluding carboxylic acids is 2. The van der Waals surface area contributed by atoms with Crippen molar-refractivity contribution in [3.05, 3.63) is 59.4 Å². The molecule has 5 heteroatoms. The molecule has 5 nitrogen and oxygen atoms in total. The number of ether oxygens (including phenoxy) is 2. The van der Waals surface area contributed by atoms with E-state index in [2.05, 4.69) is 24.0 Å². The van der Waals surface area contributed by atoms with E-state index >= 15 is 0 Å². The Morgan fingerprint density at radius 1 is 1.16 bits per heavy atom. The molecule has 5 rings (SSSR count). The van der Waals surface area contributed by atoms with Gasteiger partial charge in [-0.05, 0) is 91.7 Å². The highest BCUT2D eigenvalue weighted by molar-refractivity contribution is 5.89. The molecule has 2 fully saturated rings. The molecule has 0 N–H and O–H groups in total. The van der Waals surface area contributed by atoms with Crippen LogP contribution in [0.15, 0.2) is 42.7 Å². The number of pyridine rings is 1. The first-order valence-corrected chi connectivity index (χ1v) is 11.9. The highest BCUT2D eigenvalue weighted by atomic mass is 16.5. The zero-order chi connectivity index (χ0) is 22.3.